The fraction of sp³-hybridized carbons (Fsp3) is 0.273. The summed E-state index contributed by atoms with van der Waals surface area (Å²) in [4.78, 5) is 39.2. The Labute approximate surface area is 257 Å². The molecule has 2 aromatic heterocycles. The normalized spacial score (nSPS) is 14.6. The second-order valence-corrected chi connectivity index (χ2v) is 11.6. The third-order valence-electron chi connectivity index (χ3n) is 7.81. The van der Waals surface area contributed by atoms with Crippen molar-refractivity contribution in [1.29, 1.82) is 0 Å². The zero-order chi connectivity index (χ0) is 30.8. The highest BCUT2D eigenvalue weighted by molar-refractivity contribution is 7.21. The van der Waals surface area contributed by atoms with Gasteiger partial charge in [-0.15, -0.1) is 0 Å². The maximum absolute atomic E-state index is 15.3. The fourth-order valence-electron chi connectivity index (χ4n) is 5.51. The Morgan fingerprint density at radius 2 is 1.89 bits per heavy atom. The first-order valence-electron chi connectivity index (χ1n) is 14.3. The van der Waals surface area contributed by atoms with E-state index >= 15 is 4.39 Å². The van der Waals surface area contributed by atoms with Crippen molar-refractivity contribution in [3.8, 4) is 22.9 Å². The Bertz CT molecular complexity index is 1890. The number of carbonyl (C=O) groups is 1. The van der Waals surface area contributed by atoms with Crippen LogP contribution in [0, 0.1) is 12.7 Å². The van der Waals surface area contributed by atoms with Crippen molar-refractivity contribution in [3.05, 3.63) is 99.6 Å². The van der Waals surface area contributed by atoms with Crippen molar-refractivity contribution in [2.45, 2.75) is 38.9 Å². The summed E-state index contributed by atoms with van der Waals surface area (Å²) in [6.45, 7) is 2.98. The summed E-state index contributed by atoms with van der Waals surface area (Å²) in [6, 6.07) is 19.4. The number of carbonyl (C=O) groups excluding carboxylic acids is 1. The molecule has 0 radical (unpaired) electrons. The van der Waals surface area contributed by atoms with Crippen LogP contribution in [0.15, 0.2) is 71.5 Å². The van der Waals surface area contributed by atoms with E-state index in [9.17, 15) is 9.59 Å². The second-order valence-electron chi connectivity index (χ2n) is 10.7. The summed E-state index contributed by atoms with van der Waals surface area (Å²) in [5.41, 5.74) is 2.51. The summed E-state index contributed by atoms with van der Waals surface area (Å²) < 4.78 is 27.6. The van der Waals surface area contributed by atoms with Crippen LogP contribution >= 0.6 is 11.3 Å². The van der Waals surface area contributed by atoms with Crippen LogP contribution < -0.4 is 25.2 Å². The molecule has 1 atom stereocenters. The number of aryl methyl sites for hydroxylation is 1. The number of fused-ring (bicyclic) bond motifs is 1. The summed E-state index contributed by atoms with van der Waals surface area (Å²) in [5.74, 6) is 0.734. The van der Waals surface area contributed by atoms with E-state index in [2.05, 4.69) is 5.32 Å². The van der Waals surface area contributed by atoms with E-state index in [1.807, 2.05) is 42.2 Å². The van der Waals surface area contributed by atoms with Gasteiger partial charge in [0.25, 0.3) is 5.56 Å². The molecule has 5 aromatic rings. The fourth-order valence-corrected chi connectivity index (χ4v) is 6.51. The maximum Gasteiger partial charge on any atom is 0.281 e. The molecule has 0 aliphatic carbocycles. The average Bonchev–Trinajstić information content (AvgIpc) is 3.71. The molecule has 44 heavy (non-hydrogen) atoms. The molecule has 9 nitrogen and oxygen atoms in total. The molecule has 11 heteroatoms. The molecule has 0 spiro atoms. The lowest BCUT2D eigenvalue weighted by Gasteiger charge is -2.23. The van der Waals surface area contributed by atoms with Gasteiger partial charge in [0.2, 0.25) is 5.91 Å². The van der Waals surface area contributed by atoms with E-state index in [0.717, 1.165) is 17.5 Å². The number of hydrogen-bond acceptors (Lipinski definition) is 8. The Balaban J connectivity index is 1.40. The predicted molar refractivity (Wildman–Crippen MR) is 169 cm³/mol. The van der Waals surface area contributed by atoms with Crippen LogP contribution in [-0.4, -0.2) is 47.2 Å². The van der Waals surface area contributed by atoms with Crippen LogP contribution in [-0.2, 0) is 17.9 Å². The van der Waals surface area contributed by atoms with Gasteiger partial charge >= 0.3 is 0 Å². The zero-order valence-corrected chi connectivity index (χ0v) is 25.5. The summed E-state index contributed by atoms with van der Waals surface area (Å²) in [6.07, 6.45) is 1.49. The first-order chi connectivity index (χ1) is 21.4. The number of amides is 1. The van der Waals surface area contributed by atoms with Gasteiger partial charge in [-0.3, -0.25) is 14.2 Å². The highest BCUT2D eigenvalue weighted by Gasteiger charge is 2.33. The van der Waals surface area contributed by atoms with E-state index in [0.29, 0.717) is 46.5 Å². The maximum atomic E-state index is 15.3. The van der Waals surface area contributed by atoms with Gasteiger partial charge in [0.1, 0.15) is 29.2 Å². The van der Waals surface area contributed by atoms with Crippen molar-refractivity contribution in [2.75, 3.05) is 25.7 Å². The largest absolute Gasteiger partial charge is 0.497 e. The van der Waals surface area contributed by atoms with Crippen molar-refractivity contribution in [2.24, 2.45) is 0 Å². The molecule has 226 valence electrons. The number of halogens is 1. The van der Waals surface area contributed by atoms with Crippen molar-refractivity contribution in [3.63, 3.8) is 0 Å². The Morgan fingerprint density at radius 3 is 2.66 bits per heavy atom. The molecule has 3 heterocycles. The van der Waals surface area contributed by atoms with E-state index < -0.39 is 17.4 Å². The zero-order valence-electron chi connectivity index (χ0n) is 24.7. The van der Waals surface area contributed by atoms with Crippen molar-refractivity contribution >= 4 is 32.7 Å². The minimum atomic E-state index is -0.489. The molecule has 6 rings (SSSR count). The quantitative estimate of drug-likeness (QED) is 0.240. The van der Waals surface area contributed by atoms with Gasteiger partial charge < -0.3 is 19.7 Å². The Hall–Kier alpha value is -4.77. The predicted octanol–water partition coefficient (Wildman–Crippen LogP) is 5.32. The van der Waals surface area contributed by atoms with Crippen LogP contribution in [0.25, 0.3) is 21.7 Å². The molecule has 1 saturated heterocycles. The van der Waals surface area contributed by atoms with Crippen LogP contribution in [0.4, 0.5) is 9.52 Å². The number of ether oxygens (including phenoxy) is 2. The molecule has 0 bridgehead atoms. The van der Waals surface area contributed by atoms with Crippen LogP contribution in [0.3, 0.4) is 0 Å². The van der Waals surface area contributed by atoms with Gasteiger partial charge in [-0.2, -0.15) is 0 Å². The number of aromatic nitrogens is 3. The summed E-state index contributed by atoms with van der Waals surface area (Å²) in [7, 11) is 3.10. The van der Waals surface area contributed by atoms with Gasteiger partial charge in [0.05, 0.1) is 26.3 Å². The molecule has 1 fully saturated rings. The van der Waals surface area contributed by atoms with E-state index in [1.165, 1.54) is 22.0 Å². The van der Waals surface area contributed by atoms with Crippen LogP contribution in [0.2, 0.25) is 0 Å². The van der Waals surface area contributed by atoms with Crippen LogP contribution in [0.5, 0.6) is 11.5 Å². The van der Waals surface area contributed by atoms with Crippen molar-refractivity contribution < 1.29 is 18.7 Å². The van der Waals surface area contributed by atoms with E-state index in [4.69, 9.17) is 19.4 Å². The molecule has 1 aliphatic rings. The third-order valence-corrected chi connectivity index (χ3v) is 8.79. The van der Waals surface area contributed by atoms with Crippen molar-refractivity contribution in [1.82, 2.24) is 19.9 Å². The minimum absolute atomic E-state index is 0.0682. The molecule has 1 aliphatic heterocycles. The lowest BCUT2D eigenvalue weighted by atomic mass is 10.1. The monoisotopic (exact) mass is 613 g/mol. The number of methoxy groups -OCH3 is 2. The molecule has 0 unspecified atom stereocenters. The first kappa shape index (κ1) is 29.3. The number of thiazole rings is 1. The van der Waals surface area contributed by atoms with Gasteiger partial charge in [0, 0.05) is 24.7 Å². The molecule has 3 aromatic carbocycles. The molecule has 1 N–H and O–H groups in total. The number of rotatable bonds is 9. The smallest absolute Gasteiger partial charge is 0.281 e. The molecule has 1 amide bonds. The number of anilines is 1. The third kappa shape index (κ3) is 5.74. The molecule has 0 saturated carbocycles. The second kappa shape index (κ2) is 12.5. The van der Waals surface area contributed by atoms with Gasteiger partial charge in [-0.1, -0.05) is 53.3 Å². The first-order valence-corrected chi connectivity index (χ1v) is 15.1. The van der Waals surface area contributed by atoms with E-state index in [-0.39, 0.29) is 29.4 Å². The lowest BCUT2D eigenvalue weighted by molar-refractivity contribution is -0.122. The number of nitrogens with one attached hydrogen (secondary N) is 1. The number of nitrogens with zero attached hydrogens (tertiary/aromatic N) is 4. The number of hydrogen-bond donors (Lipinski definition) is 1. The van der Waals surface area contributed by atoms with Gasteiger partial charge in [-0.05, 0) is 49.6 Å². The Kier molecular flexibility index (Phi) is 8.30. The lowest BCUT2D eigenvalue weighted by Crippen LogP contribution is -2.43. The standard InChI is InChI=1S/C33H32FN5O4S/c1-20-11-14-25(34)24(16-20)29-37-31-28(32(41)39(29)19-22-12-13-23(42-2)17-27(22)43-3)36-33(44-31)38-15-7-10-26(38)30(40)35-18-21-8-5-4-6-9-21/h4-6,8-9,11-14,16-17,26H,7,10,15,18-19H2,1-3H3,(H,35,40)/t26-/m1/s1. The van der Waals surface area contributed by atoms with E-state index in [1.54, 1.807) is 44.6 Å². The summed E-state index contributed by atoms with van der Waals surface area (Å²) >= 11 is 1.24. The van der Waals surface area contributed by atoms with Gasteiger partial charge in [-0.25, -0.2) is 14.4 Å². The minimum Gasteiger partial charge on any atom is -0.497 e. The Morgan fingerprint density at radius 1 is 1.07 bits per heavy atom. The highest BCUT2D eigenvalue weighted by atomic mass is 32.1. The molecular formula is C33H32FN5O4S. The SMILES string of the molecule is COc1ccc(Cn2c(-c3cc(C)ccc3F)nc3sc(N4CCC[C@@H]4C(=O)NCc4ccccc4)nc3c2=O)c(OC)c1. The average molecular weight is 614 g/mol. The summed E-state index contributed by atoms with van der Waals surface area (Å²) in [5, 5.41) is 3.57. The van der Waals surface area contributed by atoms with Crippen LogP contribution in [0.1, 0.15) is 29.5 Å². The highest BCUT2D eigenvalue weighted by Crippen LogP contribution is 2.34. The topological polar surface area (TPSA) is 98.6 Å². The number of benzene rings is 3. The molecular weight excluding hydrogens is 581 g/mol. The van der Waals surface area contributed by atoms with Gasteiger partial charge in [0.15, 0.2) is 15.5 Å².